The van der Waals surface area contributed by atoms with Crippen LogP contribution in [0.2, 0.25) is 0 Å². The molecule has 5 heteroatoms. The second-order valence-corrected chi connectivity index (χ2v) is 6.90. The maximum atomic E-state index is 12.5. The van der Waals surface area contributed by atoms with Crippen LogP contribution in [0.3, 0.4) is 0 Å². The molecule has 128 valence electrons. The van der Waals surface area contributed by atoms with E-state index >= 15 is 0 Å². The quantitative estimate of drug-likeness (QED) is 0.725. The molecule has 0 unspecified atom stereocenters. The summed E-state index contributed by atoms with van der Waals surface area (Å²) >= 11 is 1.66. The molecule has 3 aromatic rings. The third kappa shape index (κ3) is 4.06. The van der Waals surface area contributed by atoms with Crippen molar-refractivity contribution in [2.45, 2.75) is 13.3 Å². The van der Waals surface area contributed by atoms with Crippen LogP contribution in [0.25, 0.3) is 11.3 Å². The Morgan fingerprint density at radius 3 is 2.68 bits per heavy atom. The first kappa shape index (κ1) is 17.2. The van der Waals surface area contributed by atoms with E-state index in [1.54, 1.807) is 11.3 Å². The van der Waals surface area contributed by atoms with Gasteiger partial charge in [-0.1, -0.05) is 25.1 Å². The number of aromatic nitrogens is 1. The molecule has 0 aliphatic carbocycles. The van der Waals surface area contributed by atoms with Gasteiger partial charge in [0.1, 0.15) is 0 Å². The average Bonchev–Trinajstić information content (AvgIpc) is 3.11. The maximum absolute atomic E-state index is 12.5. The second-order valence-electron chi connectivity index (χ2n) is 5.96. The van der Waals surface area contributed by atoms with Gasteiger partial charge in [0.05, 0.1) is 10.7 Å². The summed E-state index contributed by atoms with van der Waals surface area (Å²) < 4.78 is 0. The minimum absolute atomic E-state index is 0.117. The van der Waals surface area contributed by atoms with Crippen molar-refractivity contribution in [2.24, 2.45) is 0 Å². The van der Waals surface area contributed by atoms with Gasteiger partial charge in [-0.3, -0.25) is 4.79 Å². The third-order valence-corrected chi connectivity index (χ3v) is 4.89. The molecule has 3 rings (SSSR count). The highest BCUT2D eigenvalue weighted by atomic mass is 32.1. The van der Waals surface area contributed by atoms with Gasteiger partial charge in [-0.15, -0.1) is 11.3 Å². The number of anilines is 2. The number of carbonyl (C=O) groups is 1. The van der Waals surface area contributed by atoms with E-state index in [4.69, 9.17) is 0 Å². The SMILES string of the molecule is CCc1nc(-c2cccc(NC(=O)c3cccc(N(C)C)c3)c2)cs1. The van der Waals surface area contributed by atoms with Crippen molar-refractivity contribution in [1.29, 1.82) is 0 Å². The Hall–Kier alpha value is -2.66. The van der Waals surface area contributed by atoms with Gasteiger partial charge in [0.2, 0.25) is 0 Å². The van der Waals surface area contributed by atoms with Crippen molar-refractivity contribution in [3.05, 3.63) is 64.5 Å². The molecule has 0 spiro atoms. The molecule has 0 atom stereocenters. The van der Waals surface area contributed by atoms with Gasteiger partial charge in [-0.25, -0.2) is 4.98 Å². The molecule has 1 N–H and O–H groups in total. The minimum atomic E-state index is -0.117. The fourth-order valence-corrected chi connectivity index (χ4v) is 3.24. The fraction of sp³-hybridized carbons (Fsp3) is 0.200. The zero-order valence-electron chi connectivity index (χ0n) is 14.6. The summed E-state index contributed by atoms with van der Waals surface area (Å²) in [7, 11) is 3.91. The first-order valence-electron chi connectivity index (χ1n) is 8.20. The van der Waals surface area contributed by atoms with Crippen LogP contribution < -0.4 is 10.2 Å². The van der Waals surface area contributed by atoms with E-state index in [0.29, 0.717) is 5.56 Å². The van der Waals surface area contributed by atoms with Crippen molar-refractivity contribution < 1.29 is 4.79 Å². The molecule has 0 saturated heterocycles. The number of benzene rings is 2. The number of amides is 1. The molecule has 4 nitrogen and oxygen atoms in total. The standard InChI is InChI=1S/C20H21N3OS/c1-4-19-22-18(13-25-19)14-7-5-9-16(11-14)21-20(24)15-8-6-10-17(12-15)23(2)3/h5-13H,4H2,1-3H3,(H,21,24). The summed E-state index contributed by atoms with van der Waals surface area (Å²) in [6.45, 7) is 2.10. The summed E-state index contributed by atoms with van der Waals surface area (Å²) in [5, 5.41) is 6.15. The topological polar surface area (TPSA) is 45.2 Å². The molecule has 1 amide bonds. The number of nitrogens with zero attached hydrogens (tertiary/aromatic N) is 2. The van der Waals surface area contributed by atoms with Gasteiger partial charge in [0.15, 0.2) is 0 Å². The van der Waals surface area contributed by atoms with Crippen molar-refractivity contribution in [3.8, 4) is 11.3 Å². The molecular weight excluding hydrogens is 330 g/mol. The molecule has 0 aliphatic heterocycles. The predicted molar refractivity (Wildman–Crippen MR) is 106 cm³/mol. The molecule has 2 aromatic carbocycles. The molecular formula is C20H21N3OS. The third-order valence-electron chi connectivity index (χ3n) is 3.90. The number of aryl methyl sites for hydroxylation is 1. The Labute approximate surface area is 152 Å². The normalized spacial score (nSPS) is 10.5. The summed E-state index contributed by atoms with van der Waals surface area (Å²) in [6, 6.07) is 15.4. The van der Waals surface area contributed by atoms with Crippen LogP contribution >= 0.6 is 11.3 Å². The lowest BCUT2D eigenvalue weighted by Crippen LogP contribution is -2.14. The highest BCUT2D eigenvalue weighted by molar-refractivity contribution is 7.09. The van der Waals surface area contributed by atoms with Crippen LogP contribution in [0.4, 0.5) is 11.4 Å². The summed E-state index contributed by atoms with van der Waals surface area (Å²) in [6.07, 6.45) is 0.934. The van der Waals surface area contributed by atoms with Crippen molar-refractivity contribution in [1.82, 2.24) is 4.98 Å². The number of nitrogens with one attached hydrogen (secondary N) is 1. The van der Waals surface area contributed by atoms with Crippen molar-refractivity contribution >= 4 is 28.6 Å². The lowest BCUT2D eigenvalue weighted by Gasteiger charge is -2.13. The molecule has 0 saturated carbocycles. The maximum Gasteiger partial charge on any atom is 0.255 e. The molecule has 0 aliphatic rings. The average molecular weight is 351 g/mol. The second kappa shape index (κ2) is 7.49. The van der Waals surface area contributed by atoms with Crippen LogP contribution in [-0.4, -0.2) is 25.0 Å². The lowest BCUT2D eigenvalue weighted by molar-refractivity contribution is 0.102. The number of carbonyl (C=O) groups excluding carboxylic acids is 1. The highest BCUT2D eigenvalue weighted by Crippen LogP contribution is 2.25. The lowest BCUT2D eigenvalue weighted by atomic mass is 10.1. The largest absolute Gasteiger partial charge is 0.378 e. The zero-order chi connectivity index (χ0) is 17.8. The number of thiazole rings is 1. The highest BCUT2D eigenvalue weighted by Gasteiger charge is 2.09. The van der Waals surface area contributed by atoms with Crippen molar-refractivity contribution in [2.75, 3.05) is 24.3 Å². The molecule has 1 heterocycles. The van der Waals surface area contributed by atoms with E-state index in [-0.39, 0.29) is 5.91 Å². The van der Waals surface area contributed by atoms with Gasteiger partial charge in [0.25, 0.3) is 5.91 Å². The monoisotopic (exact) mass is 351 g/mol. The molecule has 1 aromatic heterocycles. The number of hydrogen-bond donors (Lipinski definition) is 1. The Morgan fingerprint density at radius 2 is 1.96 bits per heavy atom. The van der Waals surface area contributed by atoms with Gasteiger partial charge in [0, 0.05) is 42.0 Å². The van der Waals surface area contributed by atoms with Crippen LogP contribution in [0.15, 0.2) is 53.9 Å². The number of hydrogen-bond acceptors (Lipinski definition) is 4. The van der Waals surface area contributed by atoms with Crippen molar-refractivity contribution in [3.63, 3.8) is 0 Å². The van der Waals surface area contributed by atoms with Gasteiger partial charge >= 0.3 is 0 Å². The predicted octanol–water partition coefficient (Wildman–Crippen LogP) is 4.69. The van der Waals surface area contributed by atoms with E-state index in [0.717, 1.165) is 34.1 Å². The van der Waals surface area contributed by atoms with Gasteiger partial charge in [-0.2, -0.15) is 0 Å². The fourth-order valence-electron chi connectivity index (χ4n) is 2.49. The van der Waals surface area contributed by atoms with Gasteiger partial charge in [-0.05, 0) is 36.8 Å². The van der Waals surface area contributed by atoms with E-state index in [2.05, 4.69) is 22.6 Å². The van der Waals surface area contributed by atoms with Crippen LogP contribution in [0, 0.1) is 0 Å². The molecule has 0 bridgehead atoms. The molecule has 0 fully saturated rings. The smallest absolute Gasteiger partial charge is 0.255 e. The summed E-state index contributed by atoms with van der Waals surface area (Å²) in [5.74, 6) is -0.117. The van der Waals surface area contributed by atoms with E-state index in [1.165, 1.54) is 0 Å². The van der Waals surface area contributed by atoms with E-state index < -0.39 is 0 Å². The molecule has 25 heavy (non-hydrogen) atoms. The Morgan fingerprint density at radius 1 is 1.16 bits per heavy atom. The van der Waals surface area contributed by atoms with E-state index in [9.17, 15) is 4.79 Å². The van der Waals surface area contributed by atoms with Crippen LogP contribution in [-0.2, 0) is 6.42 Å². The van der Waals surface area contributed by atoms with E-state index in [1.807, 2.05) is 67.5 Å². The Balaban J connectivity index is 1.80. The minimum Gasteiger partial charge on any atom is -0.378 e. The Bertz CT molecular complexity index is 886. The van der Waals surface area contributed by atoms with Gasteiger partial charge < -0.3 is 10.2 Å². The first-order valence-corrected chi connectivity index (χ1v) is 9.08. The molecule has 0 radical (unpaired) electrons. The summed E-state index contributed by atoms with van der Waals surface area (Å²) in [5.41, 5.74) is 4.36. The summed E-state index contributed by atoms with van der Waals surface area (Å²) in [4.78, 5) is 19.1. The zero-order valence-corrected chi connectivity index (χ0v) is 15.4. The van der Waals surface area contributed by atoms with Crippen LogP contribution in [0.5, 0.6) is 0 Å². The Kier molecular flexibility index (Phi) is 5.14. The first-order chi connectivity index (χ1) is 12.1. The van der Waals surface area contributed by atoms with Crippen LogP contribution in [0.1, 0.15) is 22.3 Å². The number of rotatable bonds is 5.